The fourth-order valence-corrected chi connectivity index (χ4v) is 2.97. The molecule has 0 aromatic heterocycles. The molecule has 7 heteroatoms. The predicted octanol–water partition coefficient (Wildman–Crippen LogP) is 2.85. The molecule has 0 N–H and O–H groups in total. The maximum absolute atomic E-state index is 12.0. The largest absolute Gasteiger partial charge is 0.242 e. The van der Waals surface area contributed by atoms with E-state index in [1.807, 2.05) is 0 Å². The van der Waals surface area contributed by atoms with Crippen molar-refractivity contribution < 1.29 is 8.42 Å². The third kappa shape index (κ3) is 3.02. The first kappa shape index (κ1) is 14.1. The molecule has 90 valence electrons. The van der Waals surface area contributed by atoms with Crippen LogP contribution in [-0.4, -0.2) is 32.2 Å². The highest BCUT2D eigenvalue weighted by atomic mass is 35.5. The number of halogens is 3. The van der Waals surface area contributed by atoms with Crippen LogP contribution in [0.15, 0.2) is 23.1 Å². The molecule has 0 saturated heterocycles. The van der Waals surface area contributed by atoms with E-state index in [2.05, 4.69) is 0 Å². The second-order valence-corrected chi connectivity index (χ2v) is 6.33. The van der Waals surface area contributed by atoms with Gasteiger partial charge in [-0.3, -0.25) is 0 Å². The fourth-order valence-electron chi connectivity index (χ4n) is 1.06. The van der Waals surface area contributed by atoms with Gasteiger partial charge < -0.3 is 0 Å². The summed E-state index contributed by atoms with van der Waals surface area (Å²) >= 11 is 17.0. The Morgan fingerprint density at radius 2 is 1.88 bits per heavy atom. The van der Waals surface area contributed by atoms with Crippen molar-refractivity contribution in [1.29, 1.82) is 0 Å². The molecule has 0 fully saturated rings. The molecule has 0 bridgehead atoms. The summed E-state index contributed by atoms with van der Waals surface area (Å²) < 4.78 is 25.1. The minimum Gasteiger partial charge on any atom is -0.207 e. The predicted molar refractivity (Wildman–Crippen MR) is 67.0 cm³/mol. The van der Waals surface area contributed by atoms with E-state index in [1.165, 1.54) is 29.6 Å². The van der Waals surface area contributed by atoms with Gasteiger partial charge in [-0.1, -0.05) is 23.2 Å². The molecule has 1 aromatic carbocycles. The zero-order valence-electron chi connectivity index (χ0n) is 8.45. The number of nitrogens with zero attached hydrogens (tertiary/aromatic N) is 1. The Morgan fingerprint density at radius 1 is 1.25 bits per heavy atom. The van der Waals surface area contributed by atoms with Crippen LogP contribution in [0.5, 0.6) is 0 Å². The summed E-state index contributed by atoms with van der Waals surface area (Å²) in [7, 11) is -2.08. The Hall–Kier alpha value is -0.000000000000000111. The summed E-state index contributed by atoms with van der Waals surface area (Å²) in [5, 5.41) is 0.530. The maximum Gasteiger partial charge on any atom is 0.242 e. The first-order valence-electron chi connectivity index (χ1n) is 4.37. The minimum atomic E-state index is -3.53. The smallest absolute Gasteiger partial charge is 0.207 e. The molecule has 0 saturated carbocycles. The van der Waals surface area contributed by atoms with Crippen LogP contribution >= 0.6 is 34.8 Å². The zero-order chi connectivity index (χ0) is 12.3. The molecule has 0 aliphatic rings. The molecule has 1 rings (SSSR count). The molecule has 1 aromatic rings. The average molecular weight is 303 g/mol. The Labute approximate surface area is 110 Å². The van der Waals surface area contributed by atoms with Gasteiger partial charge >= 0.3 is 0 Å². The molecule has 3 nitrogen and oxygen atoms in total. The average Bonchev–Trinajstić information content (AvgIpc) is 2.22. The standard InChI is InChI=1S/C9H10Cl3NO2S/c1-13(5-4-10)16(14,15)7-2-3-8(11)9(12)6-7/h2-3,6H,4-5H2,1H3. The van der Waals surface area contributed by atoms with E-state index >= 15 is 0 Å². The van der Waals surface area contributed by atoms with Crippen LogP contribution in [0.4, 0.5) is 0 Å². The summed E-state index contributed by atoms with van der Waals surface area (Å²) in [6.45, 7) is 0.240. The van der Waals surface area contributed by atoms with Crippen molar-refractivity contribution in [2.45, 2.75) is 4.90 Å². The first-order chi connectivity index (χ1) is 7.39. The lowest BCUT2D eigenvalue weighted by Gasteiger charge is -2.15. The fraction of sp³-hybridized carbons (Fsp3) is 0.333. The summed E-state index contributed by atoms with van der Waals surface area (Å²) in [5.41, 5.74) is 0. The molecule has 0 spiro atoms. The van der Waals surface area contributed by atoms with Crippen LogP contribution in [0, 0.1) is 0 Å². The Kier molecular flexibility index (Phi) is 4.88. The number of rotatable bonds is 4. The molecular weight excluding hydrogens is 293 g/mol. The summed E-state index contributed by atoms with van der Waals surface area (Å²) in [4.78, 5) is 0.106. The van der Waals surface area contributed by atoms with Gasteiger partial charge in [0, 0.05) is 19.5 Å². The molecule has 0 aliphatic heterocycles. The second kappa shape index (κ2) is 5.56. The van der Waals surface area contributed by atoms with Crippen molar-refractivity contribution in [2.75, 3.05) is 19.5 Å². The molecule has 0 radical (unpaired) electrons. The highest BCUT2D eigenvalue weighted by molar-refractivity contribution is 7.89. The second-order valence-electron chi connectivity index (χ2n) is 3.09. The van der Waals surface area contributed by atoms with E-state index in [0.29, 0.717) is 5.02 Å². The SMILES string of the molecule is CN(CCCl)S(=O)(=O)c1ccc(Cl)c(Cl)c1. The molecular formula is C9H10Cl3NO2S. The van der Waals surface area contributed by atoms with Gasteiger partial charge in [0.05, 0.1) is 14.9 Å². The van der Waals surface area contributed by atoms with E-state index in [-0.39, 0.29) is 22.3 Å². The van der Waals surface area contributed by atoms with Gasteiger partial charge in [-0.05, 0) is 18.2 Å². The molecule has 16 heavy (non-hydrogen) atoms. The topological polar surface area (TPSA) is 37.4 Å². The molecule has 0 amide bonds. The van der Waals surface area contributed by atoms with E-state index < -0.39 is 10.0 Å². The van der Waals surface area contributed by atoms with Crippen molar-refractivity contribution in [3.63, 3.8) is 0 Å². The van der Waals surface area contributed by atoms with Crippen molar-refractivity contribution >= 4 is 44.8 Å². The van der Waals surface area contributed by atoms with Crippen LogP contribution in [0.3, 0.4) is 0 Å². The zero-order valence-corrected chi connectivity index (χ0v) is 11.5. The lowest BCUT2D eigenvalue weighted by molar-refractivity contribution is 0.488. The van der Waals surface area contributed by atoms with Gasteiger partial charge in [0.2, 0.25) is 10.0 Å². The van der Waals surface area contributed by atoms with Gasteiger partial charge in [0.15, 0.2) is 0 Å². The van der Waals surface area contributed by atoms with E-state index in [1.54, 1.807) is 0 Å². The molecule has 0 unspecified atom stereocenters. The molecule has 0 aliphatic carbocycles. The summed E-state index contributed by atoms with van der Waals surface area (Å²) in [6, 6.07) is 4.18. The lowest BCUT2D eigenvalue weighted by Crippen LogP contribution is -2.28. The highest BCUT2D eigenvalue weighted by Gasteiger charge is 2.20. The lowest BCUT2D eigenvalue weighted by atomic mass is 10.4. The van der Waals surface area contributed by atoms with Gasteiger partial charge in [0.1, 0.15) is 0 Å². The Morgan fingerprint density at radius 3 is 2.38 bits per heavy atom. The van der Waals surface area contributed by atoms with Gasteiger partial charge in [-0.2, -0.15) is 4.31 Å². The highest BCUT2D eigenvalue weighted by Crippen LogP contribution is 2.26. The third-order valence-corrected chi connectivity index (χ3v) is 4.76. The van der Waals surface area contributed by atoms with E-state index in [4.69, 9.17) is 34.8 Å². The summed E-state index contributed by atoms with van der Waals surface area (Å²) in [5.74, 6) is 0.233. The van der Waals surface area contributed by atoms with Gasteiger partial charge in [0.25, 0.3) is 0 Å². The quantitative estimate of drug-likeness (QED) is 0.802. The number of benzene rings is 1. The van der Waals surface area contributed by atoms with Crippen LogP contribution < -0.4 is 0 Å². The third-order valence-electron chi connectivity index (χ3n) is 2.00. The molecule has 0 heterocycles. The number of hydrogen-bond acceptors (Lipinski definition) is 2. The summed E-state index contributed by atoms with van der Waals surface area (Å²) in [6.07, 6.45) is 0. The van der Waals surface area contributed by atoms with Crippen molar-refractivity contribution in [3.05, 3.63) is 28.2 Å². The number of sulfonamides is 1. The van der Waals surface area contributed by atoms with Crippen molar-refractivity contribution in [1.82, 2.24) is 4.31 Å². The monoisotopic (exact) mass is 301 g/mol. The number of alkyl halides is 1. The normalized spacial score (nSPS) is 12.1. The molecule has 0 atom stereocenters. The number of hydrogen-bond donors (Lipinski definition) is 0. The Balaban J connectivity index is 3.12. The van der Waals surface area contributed by atoms with Crippen LogP contribution in [0.25, 0.3) is 0 Å². The van der Waals surface area contributed by atoms with E-state index in [9.17, 15) is 8.42 Å². The van der Waals surface area contributed by atoms with Gasteiger partial charge in [-0.25, -0.2) is 8.42 Å². The van der Waals surface area contributed by atoms with Gasteiger partial charge in [-0.15, -0.1) is 11.6 Å². The van der Waals surface area contributed by atoms with Crippen molar-refractivity contribution in [2.24, 2.45) is 0 Å². The van der Waals surface area contributed by atoms with Crippen LogP contribution in [-0.2, 0) is 10.0 Å². The minimum absolute atomic E-state index is 0.106. The van der Waals surface area contributed by atoms with Crippen molar-refractivity contribution in [3.8, 4) is 0 Å². The maximum atomic E-state index is 12.0. The first-order valence-corrected chi connectivity index (χ1v) is 7.10. The van der Waals surface area contributed by atoms with Crippen LogP contribution in [0.1, 0.15) is 0 Å². The van der Waals surface area contributed by atoms with E-state index in [0.717, 1.165) is 0 Å². The Bertz CT molecular complexity index is 476. The van der Waals surface area contributed by atoms with Crippen LogP contribution in [0.2, 0.25) is 10.0 Å².